The third kappa shape index (κ3) is 2.61. The van der Waals surface area contributed by atoms with Crippen LogP contribution in [0, 0.1) is 5.41 Å². The Morgan fingerprint density at radius 2 is 1.89 bits per heavy atom. The highest BCUT2D eigenvalue weighted by molar-refractivity contribution is 7.90. The van der Waals surface area contributed by atoms with Crippen molar-refractivity contribution in [3.05, 3.63) is 63.1 Å². The third-order valence-corrected chi connectivity index (χ3v) is 6.97. The number of hydrogen-bond acceptors (Lipinski definition) is 6. The van der Waals surface area contributed by atoms with Gasteiger partial charge in [0.1, 0.15) is 4.91 Å². The summed E-state index contributed by atoms with van der Waals surface area (Å²) in [7, 11) is -3.92. The largest absolute Gasteiger partial charge is 0.454 e. The van der Waals surface area contributed by atoms with Crippen molar-refractivity contribution in [2.24, 2.45) is 5.41 Å². The maximum Gasteiger partial charge on any atom is 0.295 e. The van der Waals surface area contributed by atoms with E-state index in [1.165, 1.54) is 0 Å². The molecule has 0 saturated carbocycles. The standard InChI is InChI=1S/C20H18ClNO5S/c1-20(2)9-27-28(23,24)18-17(11-4-3-5-12(21)6-11)13-7-15-16(26-10-25-15)8-14(13)22-19(18)20/h3-8,17,22H,9-10H2,1-2H3. The van der Waals surface area contributed by atoms with Crippen LogP contribution in [-0.2, 0) is 14.3 Å². The fraction of sp³-hybridized carbons (Fsp3) is 0.300. The van der Waals surface area contributed by atoms with Crippen LogP contribution in [0.5, 0.6) is 11.5 Å². The molecule has 3 heterocycles. The van der Waals surface area contributed by atoms with Crippen molar-refractivity contribution in [1.82, 2.24) is 0 Å². The maximum atomic E-state index is 13.0. The van der Waals surface area contributed by atoms with Gasteiger partial charge in [-0.1, -0.05) is 37.6 Å². The van der Waals surface area contributed by atoms with E-state index in [0.29, 0.717) is 22.2 Å². The second-order valence-electron chi connectivity index (χ2n) is 7.75. The van der Waals surface area contributed by atoms with Crippen molar-refractivity contribution in [1.29, 1.82) is 0 Å². The molecule has 3 aliphatic rings. The molecule has 2 aromatic rings. The van der Waals surface area contributed by atoms with E-state index in [9.17, 15) is 8.42 Å². The normalized spacial score (nSPS) is 23.6. The molecular formula is C20H18ClNO5S. The molecule has 0 fully saturated rings. The molecule has 1 unspecified atom stereocenters. The molecule has 1 N–H and O–H groups in total. The van der Waals surface area contributed by atoms with E-state index in [1.807, 2.05) is 38.1 Å². The number of rotatable bonds is 1. The summed E-state index contributed by atoms with van der Waals surface area (Å²) in [5.41, 5.74) is 2.46. The van der Waals surface area contributed by atoms with Gasteiger partial charge in [-0.3, -0.25) is 4.18 Å². The van der Waals surface area contributed by atoms with Gasteiger partial charge in [-0.2, -0.15) is 8.42 Å². The number of hydrogen-bond donors (Lipinski definition) is 1. The van der Waals surface area contributed by atoms with Crippen LogP contribution < -0.4 is 14.8 Å². The molecule has 28 heavy (non-hydrogen) atoms. The van der Waals surface area contributed by atoms with Crippen LogP contribution in [0.15, 0.2) is 47.0 Å². The minimum Gasteiger partial charge on any atom is -0.454 e. The smallest absolute Gasteiger partial charge is 0.295 e. The van der Waals surface area contributed by atoms with Gasteiger partial charge in [-0.05, 0) is 29.3 Å². The number of halogens is 1. The van der Waals surface area contributed by atoms with Crippen LogP contribution in [0.25, 0.3) is 0 Å². The Balaban J connectivity index is 1.83. The van der Waals surface area contributed by atoms with Crippen LogP contribution in [0.1, 0.15) is 30.9 Å². The van der Waals surface area contributed by atoms with Crippen molar-refractivity contribution in [2.75, 3.05) is 18.7 Å². The van der Waals surface area contributed by atoms with Crippen LogP contribution in [0.4, 0.5) is 5.69 Å². The Bertz CT molecular complexity index is 1140. The van der Waals surface area contributed by atoms with Crippen molar-refractivity contribution in [3.8, 4) is 11.5 Å². The van der Waals surface area contributed by atoms with E-state index in [0.717, 1.165) is 16.8 Å². The molecule has 0 aromatic heterocycles. The van der Waals surface area contributed by atoms with Crippen LogP contribution >= 0.6 is 11.6 Å². The summed E-state index contributed by atoms with van der Waals surface area (Å²) >= 11 is 6.23. The minimum absolute atomic E-state index is 0.0727. The molecule has 1 atom stereocenters. The van der Waals surface area contributed by atoms with Gasteiger partial charge in [0.25, 0.3) is 10.1 Å². The van der Waals surface area contributed by atoms with E-state index in [4.69, 9.17) is 25.3 Å². The first-order chi connectivity index (χ1) is 13.3. The molecule has 0 saturated heterocycles. The monoisotopic (exact) mass is 419 g/mol. The van der Waals surface area contributed by atoms with Gasteiger partial charge >= 0.3 is 0 Å². The van der Waals surface area contributed by atoms with Crippen LogP contribution in [-0.4, -0.2) is 21.8 Å². The first-order valence-corrected chi connectivity index (χ1v) is 10.6. The molecule has 6 nitrogen and oxygen atoms in total. The number of ether oxygens (including phenoxy) is 2. The van der Waals surface area contributed by atoms with E-state index in [1.54, 1.807) is 12.1 Å². The molecule has 0 amide bonds. The Labute approximate surface area is 168 Å². The van der Waals surface area contributed by atoms with Gasteiger partial charge in [0.05, 0.1) is 12.5 Å². The van der Waals surface area contributed by atoms with Gasteiger partial charge in [-0.25, -0.2) is 0 Å². The zero-order valence-electron chi connectivity index (χ0n) is 15.3. The lowest BCUT2D eigenvalue weighted by atomic mass is 9.80. The van der Waals surface area contributed by atoms with Crippen molar-refractivity contribution < 1.29 is 22.1 Å². The predicted octanol–water partition coefficient (Wildman–Crippen LogP) is 4.22. The molecule has 146 valence electrons. The van der Waals surface area contributed by atoms with Gasteiger partial charge in [-0.15, -0.1) is 0 Å². The minimum atomic E-state index is -3.92. The summed E-state index contributed by atoms with van der Waals surface area (Å²) in [6.07, 6.45) is 0. The summed E-state index contributed by atoms with van der Waals surface area (Å²) in [5, 5.41) is 3.88. The molecular weight excluding hydrogens is 402 g/mol. The number of fused-ring (bicyclic) bond motifs is 2. The molecule has 0 spiro atoms. The number of allylic oxidation sites excluding steroid dienone is 1. The van der Waals surface area contributed by atoms with Crippen molar-refractivity contribution in [3.63, 3.8) is 0 Å². The van der Waals surface area contributed by atoms with E-state index in [-0.39, 0.29) is 18.3 Å². The Morgan fingerprint density at radius 3 is 2.64 bits per heavy atom. The zero-order valence-corrected chi connectivity index (χ0v) is 16.9. The van der Waals surface area contributed by atoms with Gasteiger partial charge in [0.15, 0.2) is 11.5 Å². The quantitative estimate of drug-likeness (QED) is 0.697. The van der Waals surface area contributed by atoms with E-state index < -0.39 is 21.5 Å². The average Bonchev–Trinajstić information content (AvgIpc) is 3.09. The fourth-order valence-electron chi connectivity index (χ4n) is 3.94. The third-order valence-electron chi connectivity index (χ3n) is 5.33. The molecule has 0 radical (unpaired) electrons. The van der Waals surface area contributed by atoms with E-state index >= 15 is 0 Å². The summed E-state index contributed by atoms with van der Waals surface area (Å²) in [6.45, 7) is 4.12. The number of benzene rings is 2. The molecule has 0 bridgehead atoms. The fourth-order valence-corrected chi connectivity index (χ4v) is 5.84. The molecule has 3 aliphatic heterocycles. The summed E-state index contributed by atoms with van der Waals surface area (Å²) in [5.74, 6) is 0.655. The first-order valence-electron chi connectivity index (χ1n) is 8.86. The van der Waals surface area contributed by atoms with Crippen molar-refractivity contribution >= 4 is 27.4 Å². The predicted molar refractivity (Wildman–Crippen MR) is 105 cm³/mol. The zero-order chi connectivity index (χ0) is 19.7. The highest BCUT2D eigenvalue weighted by Crippen LogP contribution is 2.53. The Morgan fingerprint density at radius 1 is 1.14 bits per heavy atom. The second kappa shape index (κ2) is 5.89. The molecule has 5 rings (SSSR count). The summed E-state index contributed by atoms with van der Waals surface area (Å²) in [4.78, 5) is 0.220. The Kier molecular flexibility index (Phi) is 3.75. The lowest BCUT2D eigenvalue weighted by Gasteiger charge is -2.41. The summed E-state index contributed by atoms with van der Waals surface area (Å²) in [6, 6.07) is 10.9. The topological polar surface area (TPSA) is 73.9 Å². The average molecular weight is 420 g/mol. The lowest BCUT2D eigenvalue weighted by molar-refractivity contribution is 0.174. The maximum absolute atomic E-state index is 13.0. The lowest BCUT2D eigenvalue weighted by Crippen LogP contribution is -2.39. The molecule has 2 aromatic carbocycles. The highest BCUT2D eigenvalue weighted by Gasteiger charge is 2.47. The van der Waals surface area contributed by atoms with Crippen LogP contribution in [0.2, 0.25) is 5.02 Å². The van der Waals surface area contributed by atoms with Gasteiger partial charge < -0.3 is 14.8 Å². The van der Waals surface area contributed by atoms with Crippen LogP contribution in [0.3, 0.4) is 0 Å². The SMILES string of the molecule is CC1(C)COS(=O)(=O)C2=C1Nc1cc3c(cc1C2c1cccc(Cl)c1)OCO3. The molecule has 8 heteroatoms. The Hall–Kier alpha value is -2.22. The number of nitrogens with one attached hydrogen (secondary N) is 1. The van der Waals surface area contributed by atoms with E-state index in [2.05, 4.69) is 5.32 Å². The van der Waals surface area contributed by atoms with Crippen molar-refractivity contribution in [2.45, 2.75) is 19.8 Å². The highest BCUT2D eigenvalue weighted by atomic mass is 35.5. The summed E-state index contributed by atoms with van der Waals surface area (Å²) < 4.78 is 42.4. The molecule has 0 aliphatic carbocycles. The van der Waals surface area contributed by atoms with Gasteiger partial charge in [0.2, 0.25) is 6.79 Å². The first kappa shape index (κ1) is 17.8. The van der Waals surface area contributed by atoms with Gasteiger partial charge in [0, 0.05) is 27.9 Å². The number of anilines is 1. The second-order valence-corrected chi connectivity index (χ2v) is 9.77.